The number of amides is 2. The van der Waals surface area contributed by atoms with E-state index in [9.17, 15) is 9.59 Å². The molecular formula is C27H29N3O4. The van der Waals surface area contributed by atoms with Crippen molar-refractivity contribution in [3.8, 4) is 5.75 Å². The second kappa shape index (κ2) is 9.71. The Morgan fingerprint density at radius 3 is 2.65 bits per heavy atom. The van der Waals surface area contributed by atoms with Crippen LogP contribution >= 0.6 is 0 Å². The molecule has 0 saturated carbocycles. The number of likely N-dealkylation sites (tertiary alicyclic amines) is 1. The summed E-state index contributed by atoms with van der Waals surface area (Å²) in [7, 11) is 0. The number of ether oxygens (including phenoxy) is 1. The monoisotopic (exact) mass is 459 g/mol. The molecule has 1 saturated heterocycles. The van der Waals surface area contributed by atoms with Crippen LogP contribution in [0.2, 0.25) is 0 Å². The van der Waals surface area contributed by atoms with E-state index in [0.717, 1.165) is 43.5 Å². The van der Waals surface area contributed by atoms with Crippen molar-refractivity contribution in [3.05, 3.63) is 83.1 Å². The minimum Gasteiger partial charge on any atom is -0.484 e. The molecule has 3 aromatic rings. The van der Waals surface area contributed by atoms with Gasteiger partial charge in [-0.2, -0.15) is 0 Å². The lowest BCUT2D eigenvalue weighted by Gasteiger charge is -2.38. The van der Waals surface area contributed by atoms with Crippen molar-refractivity contribution in [2.45, 2.75) is 45.3 Å². The van der Waals surface area contributed by atoms with E-state index in [1.165, 1.54) is 11.8 Å². The lowest BCUT2D eigenvalue weighted by Crippen LogP contribution is -2.40. The molecule has 0 radical (unpaired) electrons. The minimum absolute atomic E-state index is 0.0901. The SMILES string of the molecule is CCC(=O)N1CCc2ccc(OCc3nc(C(=O)N4CCCC4)co3)cc2C1c1ccccc1. The lowest BCUT2D eigenvalue weighted by molar-refractivity contribution is -0.132. The smallest absolute Gasteiger partial charge is 0.275 e. The van der Waals surface area contributed by atoms with Crippen molar-refractivity contribution in [1.29, 1.82) is 0 Å². The molecule has 176 valence electrons. The van der Waals surface area contributed by atoms with Crippen LogP contribution in [-0.4, -0.2) is 46.2 Å². The van der Waals surface area contributed by atoms with Gasteiger partial charge in [-0.1, -0.05) is 43.3 Å². The summed E-state index contributed by atoms with van der Waals surface area (Å²) in [4.78, 5) is 33.4. The normalized spacial score (nSPS) is 17.5. The number of carbonyl (C=O) groups is 2. The fourth-order valence-corrected chi connectivity index (χ4v) is 4.85. The zero-order valence-electron chi connectivity index (χ0n) is 19.4. The van der Waals surface area contributed by atoms with E-state index in [2.05, 4.69) is 23.2 Å². The number of hydrogen-bond acceptors (Lipinski definition) is 5. The van der Waals surface area contributed by atoms with Crippen LogP contribution in [-0.2, 0) is 17.8 Å². The molecule has 5 rings (SSSR count). The maximum absolute atomic E-state index is 12.8. The van der Waals surface area contributed by atoms with E-state index in [0.29, 0.717) is 30.3 Å². The van der Waals surface area contributed by atoms with Crippen LogP contribution in [0.1, 0.15) is 65.3 Å². The molecule has 2 aliphatic rings. The summed E-state index contributed by atoms with van der Waals surface area (Å²) in [5, 5.41) is 0. The van der Waals surface area contributed by atoms with Crippen molar-refractivity contribution in [2.75, 3.05) is 19.6 Å². The average Bonchev–Trinajstić information content (AvgIpc) is 3.59. The fourth-order valence-electron chi connectivity index (χ4n) is 4.85. The third kappa shape index (κ3) is 4.42. The highest BCUT2D eigenvalue weighted by Crippen LogP contribution is 2.37. The van der Waals surface area contributed by atoms with Gasteiger partial charge < -0.3 is 19.0 Å². The Morgan fingerprint density at radius 1 is 1.09 bits per heavy atom. The maximum Gasteiger partial charge on any atom is 0.275 e. The first kappa shape index (κ1) is 22.2. The van der Waals surface area contributed by atoms with Gasteiger partial charge in [0.2, 0.25) is 11.8 Å². The molecule has 3 heterocycles. The molecule has 34 heavy (non-hydrogen) atoms. The van der Waals surface area contributed by atoms with Crippen LogP contribution in [0.3, 0.4) is 0 Å². The second-order valence-corrected chi connectivity index (χ2v) is 8.78. The number of benzene rings is 2. The summed E-state index contributed by atoms with van der Waals surface area (Å²) in [6, 6.07) is 16.0. The average molecular weight is 460 g/mol. The highest BCUT2D eigenvalue weighted by Gasteiger charge is 2.31. The van der Waals surface area contributed by atoms with Gasteiger partial charge in [0.15, 0.2) is 12.3 Å². The summed E-state index contributed by atoms with van der Waals surface area (Å²) in [5.41, 5.74) is 3.70. The number of rotatable bonds is 6. The van der Waals surface area contributed by atoms with E-state index < -0.39 is 0 Å². The molecule has 1 fully saturated rings. The third-order valence-electron chi connectivity index (χ3n) is 6.61. The summed E-state index contributed by atoms with van der Waals surface area (Å²) >= 11 is 0. The predicted octanol–water partition coefficient (Wildman–Crippen LogP) is 4.37. The van der Waals surface area contributed by atoms with E-state index in [1.54, 1.807) is 4.90 Å². The van der Waals surface area contributed by atoms with Gasteiger partial charge in [-0.15, -0.1) is 0 Å². The largest absolute Gasteiger partial charge is 0.484 e. The Hall–Kier alpha value is -3.61. The van der Waals surface area contributed by atoms with Crippen LogP contribution in [0.4, 0.5) is 0 Å². The van der Waals surface area contributed by atoms with Crippen molar-refractivity contribution >= 4 is 11.8 Å². The first-order chi connectivity index (χ1) is 16.6. The maximum atomic E-state index is 12.8. The number of carbonyl (C=O) groups excluding carboxylic acids is 2. The summed E-state index contributed by atoms with van der Waals surface area (Å²) < 4.78 is 11.5. The molecule has 0 aliphatic carbocycles. The summed E-state index contributed by atoms with van der Waals surface area (Å²) in [6.07, 6.45) is 4.75. The molecule has 1 aromatic heterocycles. The molecule has 1 atom stereocenters. The Bertz CT molecular complexity index is 1170. The zero-order chi connectivity index (χ0) is 23.5. The lowest BCUT2D eigenvalue weighted by atomic mass is 9.87. The van der Waals surface area contributed by atoms with Gasteiger partial charge in [0.25, 0.3) is 5.91 Å². The molecule has 7 nitrogen and oxygen atoms in total. The molecule has 2 aromatic carbocycles. The standard InChI is InChI=1S/C27H29N3O4/c1-2-25(31)30-15-12-19-10-11-21(16-22(19)26(30)20-8-4-3-5-9-20)33-18-24-28-23(17-34-24)27(32)29-13-6-7-14-29/h3-5,8-11,16-17,26H,2,6-7,12-15,18H2,1H3. The molecule has 7 heteroatoms. The summed E-state index contributed by atoms with van der Waals surface area (Å²) in [5.74, 6) is 1.09. The topological polar surface area (TPSA) is 75.9 Å². The summed E-state index contributed by atoms with van der Waals surface area (Å²) in [6.45, 7) is 4.27. The Labute approximate surface area is 199 Å². The molecule has 0 spiro atoms. The predicted molar refractivity (Wildman–Crippen MR) is 126 cm³/mol. The number of oxazole rings is 1. The Morgan fingerprint density at radius 2 is 1.88 bits per heavy atom. The van der Waals surface area contributed by atoms with Crippen LogP contribution in [0.5, 0.6) is 5.75 Å². The number of hydrogen-bond donors (Lipinski definition) is 0. The van der Waals surface area contributed by atoms with E-state index in [4.69, 9.17) is 9.15 Å². The Balaban J connectivity index is 1.35. The van der Waals surface area contributed by atoms with Gasteiger partial charge in [-0.25, -0.2) is 4.98 Å². The quantitative estimate of drug-likeness (QED) is 0.547. The van der Waals surface area contributed by atoms with Gasteiger partial charge in [0.05, 0.1) is 6.04 Å². The fraction of sp³-hybridized carbons (Fsp3) is 0.370. The highest BCUT2D eigenvalue weighted by molar-refractivity contribution is 5.92. The van der Waals surface area contributed by atoms with Crippen molar-refractivity contribution in [1.82, 2.24) is 14.8 Å². The van der Waals surface area contributed by atoms with E-state index in [-0.39, 0.29) is 24.5 Å². The van der Waals surface area contributed by atoms with Crippen molar-refractivity contribution in [2.24, 2.45) is 0 Å². The van der Waals surface area contributed by atoms with Gasteiger partial charge >= 0.3 is 0 Å². The van der Waals surface area contributed by atoms with Crippen LogP contribution in [0, 0.1) is 0 Å². The number of aromatic nitrogens is 1. The first-order valence-electron chi connectivity index (χ1n) is 12.0. The molecule has 0 bridgehead atoms. The number of nitrogens with zero attached hydrogens (tertiary/aromatic N) is 3. The van der Waals surface area contributed by atoms with Crippen molar-refractivity contribution < 1.29 is 18.7 Å². The first-order valence-corrected chi connectivity index (χ1v) is 12.0. The molecular weight excluding hydrogens is 430 g/mol. The minimum atomic E-state index is -0.146. The molecule has 2 amide bonds. The van der Waals surface area contributed by atoms with Gasteiger partial charge in [0, 0.05) is 26.1 Å². The molecule has 0 N–H and O–H groups in total. The second-order valence-electron chi connectivity index (χ2n) is 8.78. The van der Waals surface area contributed by atoms with Gasteiger partial charge in [-0.05, 0) is 48.1 Å². The molecule has 1 unspecified atom stereocenters. The van der Waals surface area contributed by atoms with Crippen molar-refractivity contribution in [3.63, 3.8) is 0 Å². The van der Waals surface area contributed by atoms with E-state index in [1.807, 2.05) is 42.2 Å². The molecule has 2 aliphatic heterocycles. The van der Waals surface area contributed by atoms with Crippen LogP contribution in [0.25, 0.3) is 0 Å². The Kier molecular flexibility index (Phi) is 6.34. The zero-order valence-corrected chi connectivity index (χ0v) is 19.4. The van der Waals surface area contributed by atoms with E-state index >= 15 is 0 Å². The van der Waals surface area contributed by atoms with Gasteiger partial charge in [0.1, 0.15) is 12.0 Å². The number of fused-ring (bicyclic) bond motifs is 1. The van der Waals surface area contributed by atoms with Gasteiger partial charge in [-0.3, -0.25) is 9.59 Å². The van der Waals surface area contributed by atoms with Crippen LogP contribution in [0.15, 0.2) is 59.2 Å². The van der Waals surface area contributed by atoms with Crippen LogP contribution < -0.4 is 4.74 Å². The highest BCUT2D eigenvalue weighted by atomic mass is 16.5. The third-order valence-corrected chi connectivity index (χ3v) is 6.61.